The SMILES string of the molecule is CCCC1CCC(CCC2CCC(C3CCC(OCC)CC3)C(=O)O2)CC1. The molecular formula is C24H42O3. The minimum Gasteiger partial charge on any atom is -0.462 e. The molecule has 0 amide bonds. The van der Waals surface area contributed by atoms with Gasteiger partial charge in [-0.15, -0.1) is 0 Å². The molecule has 2 unspecified atom stereocenters. The lowest BCUT2D eigenvalue weighted by Crippen LogP contribution is -2.37. The van der Waals surface area contributed by atoms with E-state index in [1.165, 1.54) is 44.9 Å². The summed E-state index contributed by atoms with van der Waals surface area (Å²) in [5.41, 5.74) is 0. The maximum atomic E-state index is 12.6. The Morgan fingerprint density at radius 1 is 0.815 bits per heavy atom. The van der Waals surface area contributed by atoms with Crippen LogP contribution in [0.25, 0.3) is 0 Å². The van der Waals surface area contributed by atoms with Crippen molar-refractivity contribution >= 4 is 5.97 Å². The number of hydrogen-bond acceptors (Lipinski definition) is 3. The van der Waals surface area contributed by atoms with E-state index in [0.717, 1.165) is 63.4 Å². The molecule has 2 atom stereocenters. The van der Waals surface area contributed by atoms with E-state index in [1.54, 1.807) is 0 Å². The van der Waals surface area contributed by atoms with Gasteiger partial charge in [0.25, 0.3) is 0 Å². The molecule has 156 valence electrons. The van der Waals surface area contributed by atoms with E-state index in [-0.39, 0.29) is 18.0 Å². The average Bonchev–Trinajstić information content (AvgIpc) is 2.69. The van der Waals surface area contributed by atoms with Crippen LogP contribution in [0.15, 0.2) is 0 Å². The van der Waals surface area contributed by atoms with Gasteiger partial charge in [0.15, 0.2) is 0 Å². The second-order valence-electron chi connectivity index (χ2n) is 9.49. The van der Waals surface area contributed by atoms with Crippen LogP contribution in [-0.4, -0.2) is 24.8 Å². The summed E-state index contributed by atoms with van der Waals surface area (Å²) >= 11 is 0. The Labute approximate surface area is 167 Å². The Morgan fingerprint density at radius 2 is 1.48 bits per heavy atom. The van der Waals surface area contributed by atoms with Crippen LogP contribution < -0.4 is 0 Å². The molecule has 0 spiro atoms. The molecule has 3 aliphatic rings. The van der Waals surface area contributed by atoms with Gasteiger partial charge in [-0.3, -0.25) is 4.79 Å². The Hall–Kier alpha value is -0.570. The van der Waals surface area contributed by atoms with Crippen molar-refractivity contribution in [1.82, 2.24) is 0 Å². The fourth-order valence-corrected chi connectivity index (χ4v) is 5.96. The standard InChI is InChI=1S/C24H42O3/c1-3-5-18-6-8-19(9-7-18)10-13-22-16-17-23(24(25)27-22)20-11-14-21(15-12-20)26-4-2/h18-23H,3-17H2,1-2H3. The van der Waals surface area contributed by atoms with Gasteiger partial charge in [-0.05, 0) is 76.0 Å². The zero-order valence-electron chi connectivity index (χ0n) is 17.8. The van der Waals surface area contributed by atoms with Gasteiger partial charge in [-0.1, -0.05) is 45.4 Å². The molecule has 2 saturated carbocycles. The number of rotatable bonds is 8. The van der Waals surface area contributed by atoms with Gasteiger partial charge in [0.05, 0.1) is 12.0 Å². The third-order valence-electron chi connectivity index (χ3n) is 7.64. The molecule has 0 aromatic rings. The predicted octanol–water partition coefficient (Wildman–Crippen LogP) is 6.29. The normalized spacial score (nSPS) is 37.8. The van der Waals surface area contributed by atoms with Crippen LogP contribution in [0.5, 0.6) is 0 Å². The van der Waals surface area contributed by atoms with Gasteiger partial charge in [0.2, 0.25) is 0 Å². The number of hydrogen-bond donors (Lipinski definition) is 0. The van der Waals surface area contributed by atoms with E-state index in [2.05, 4.69) is 13.8 Å². The summed E-state index contributed by atoms with van der Waals surface area (Å²) < 4.78 is 11.7. The van der Waals surface area contributed by atoms with Crippen molar-refractivity contribution in [3.8, 4) is 0 Å². The van der Waals surface area contributed by atoms with Crippen LogP contribution >= 0.6 is 0 Å². The van der Waals surface area contributed by atoms with Crippen LogP contribution in [-0.2, 0) is 14.3 Å². The molecule has 0 aromatic heterocycles. The number of cyclic esters (lactones) is 1. The third kappa shape index (κ3) is 6.21. The summed E-state index contributed by atoms with van der Waals surface area (Å²) in [6.07, 6.45) is 18.0. The number of esters is 1. The minimum absolute atomic E-state index is 0.109. The molecule has 3 heteroatoms. The van der Waals surface area contributed by atoms with Crippen molar-refractivity contribution in [2.45, 2.75) is 116 Å². The van der Waals surface area contributed by atoms with Crippen molar-refractivity contribution < 1.29 is 14.3 Å². The molecular weight excluding hydrogens is 336 g/mol. The summed E-state index contributed by atoms with van der Waals surface area (Å²) in [6.45, 7) is 5.19. The van der Waals surface area contributed by atoms with E-state index >= 15 is 0 Å². The molecule has 2 aliphatic carbocycles. The van der Waals surface area contributed by atoms with Crippen molar-refractivity contribution in [3.63, 3.8) is 0 Å². The number of carbonyl (C=O) groups excluding carboxylic acids is 1. The molecule has 0 N–H and O–H groups in total. The molecule has 0 aromatic carbocycles. The van der Waals surface area contributed by atoms with Crippen molar-refractivity contribution in [1.29, 1.82) is 0 Å². The van der Waals surface area contributed by atoms with E-state index in [9.17, 15) is 4.79 Å². The van der Waals surface area contributed by atoms with Gasteiger partial charge in [0, 0.05) is 6.61 Å². The lowest BCUT2D eigenvalue weighted by molar-refractivity contribution is -0.164. The average molecular weight is 379 g/mol. The molecule has 1 aliphatic heterocycles. The Balaban J connectivity index is 1.34. The van der Waals surface area contributed by atoms with Gasteiger partial charge in [-0.2, -0.15) is 0 Å². The van der Waals surface area contributed by atoms with Gasteiger partial charge >= 0.3 is 5.97 Å². The monoisotopic (exact) mass is 378 g/mol. The highest BCUT2D eigenvalue weighted by molar-refractivity contribution is 5.73. The zero-order chi connectivity index (χ0) is 19.1. The second kappa shape index (κ2) is 10.8. The first-order valence-corrected chi connectivity index (χ1v) is 12.0. The summed E-state index contributed by atoms with van der Waals surface area (Å²) in [5, 5.41) is 0. The highest BCUT2D eigenvalue weighted by Gasteiger charge is 2.37. The highest BCUT2D eigenvalue weighted by atomic mass is 16.5. The first-order chi connectivity index (χ1) is 13.2. The van der Waals surface area contributed by atoms with E-state index in [1.807, 2.05) is 0 Å². The third-order valence-corrected chi connectivity index (χ3v) is 7.64. The highest BCUT2D eigenvalue weighted by Crippen LogP contribution is 2.39. The van der Waals surface area contributed by atoms with E-state index in [4.69, 9.17) is 9.47 Å². The van der Waals surface area contributed by atoms with Crippen LogP contribution in [0.4, 0.5) is 0 Å². The largest absolute Gasteiger partial charge is 0.462 e. The number of carbonyl (C=O) groups is 1. The first-order valence-electron chi connectivity index (χ1n) is 12.0. The summed E-state index contributed by atoms with van der Waals surface area (Å²) in [5.74, 6) is 2.66. The fraction of sp³-hybridized carbons (Fsp3) is 0.958. The Bertz CT molecular complexity index is 433. The Kier molecular flexibility index (Phi) is 8.48. The summed E-state index contributed by atoms with van der Waals surface area (Å²) in [7, 11) is 0. The molecule has 3 rings (SSSR count). The van der Waals surface area contributed by atoms with E-state index in [0.29, 0.717) is 12.0 Å². The Morgan fingerprint density at radius 3 is 2.07 bits per heavy atom. The van der Waals surface area contributed by atoms with Crippen LogP contribution in [0, 0.1) is 23.7 Å². The van der Waals surface area contributed by atoms with Gasteiger partial charge in [0.1, 0.15) is 6.10 Å². The minimum atomic E-state index is 0.109. The lowest BCUT2D eigenvalue weighted by Gasteiger charge is -2.37. The molecule has 3 nitrogen and oxygen atoms in total. The number of ether oxygens (including phenoxy) is 2. The first kappa shape index (κ1) is 21.1. The lowest BCUT2D eigenvalue weighted by atomic mass is 9.75. The zero-order valence-corrected chi connectivity index (χ0v) is 17.8. The topological polar surface area (TPSA) is 35.5 Å². The second-order valence-corrected chi connectivity index (χ2v) is 9.49. The van der Waals surface area contributed by atoms with Gasteiger partial charge < -0.3 is 9.47 Å². The quantitative estimate of drug-likeness (QED) is 0.466. The van der Waals surface area contributed by atoms with Crippen molar-refractivity contribution in [2.75, 3.05) is 6.61 Å². The maximum absolute atomic E-state index is 12.6. The molecule has 0 bridgehead atoms. The van der Waals surface area contributed by atoms with Crippen LogP contribution in [0.1, 0.15) is 104 Å². The molecule has 1 heterocycles. The molecule has 3 fully saturated rings. The molecule has 27 heavy (non-hydrogen) atoms. The molecule has 1 saturated heterocycles. The summed E-state index contributed by atoms with van der Waals surface area (Å²) in [6, 6.07) is 0. The van der Waals surface area contributed by atoms with Crippen molar-refractivity contribution in [2.24, 2.45) is 23.7 Å². The van der Waals surface area contributed by atoms with Crippen LogP contribution in [0.3, 0.4) is 0 Å². The van der Waals surface area contributed by atoms with Crippen molar-refractivity contribution in [3.05, 3.63) is 0 Å². The van der Waals surface area contributed by atoms with Crippen LogP contribution in [0.2, 0.25) is 0 Å². The predicted molar refractivity (Wildman–Crippen MR) is 110 cm³/mol. The molecule has 0 radical (unpaired) electrons. The van der Waals surface area contributed by atoms with Gasteiger partial charge in [-0.25, -0.2) is 0 Å². The fourth-order valence-electron chi connectivity index (χ4n) is 5.96. The maximum Gasteiger partial charge on any atom is 0.309 e. The smallest absolute Gasteiger partial charge is 0.309 e. The summed E-state index contributed by atoms with van der Waals surface area (Å²) in [4.78, 5) is 12.6. The van der Waals surface area contributed by atoms with E-state index < -0.39 is 0 Å².